The lowest BCUT2D eigenvalue weighted by Crippen LogP contribution is -2.34. The van der Waals surface area contributed by atoms with Crippen molar-refractivity contribution in [3.63, 3.8) is 0 Å². The molecule has 98 valence electrons. The molecule has 1 heterocycles. The highest BCUT2D eigenvalue weighted by molar-refractivity contribution is 5.35. The minimum Gasteiger partial charge on any atom is -0.351 e. The SMILES string of the molecule is CCN(CCC#N)c1nccn(CC(C)C)c1=O. The van der Waals surface area contributed by atoms with Gasteiger partial charge in [-0.05, 0) is 12.8 Å². The van der Waals surface area contributed by atoms with Crippen LogP contribution in [0.15, 0.2) is 17.2 Å². The monoisotopic (exact) mass is 248 g/mol. The summed E-state index contributed by atoms with van der Waals surface area (Å²) in [5.41, 5.74) is -0.0778. The van der Waals surface area contributed by atoms with E-state index in [0.29, 0.717) is 37.8 Å². The molecule has 5 nitrogen and oxygen atoms in total. The van der Waals surface area contributed by atoms with Crippen LogP contribution in [-0.2, 0) is 6.54 Å². The molecule has 1 aromatic heterocycles. The zero-order chi connectivity index (χ0) is 13.5. The Morgan fingerprint density at radius 3 is 2.83 bits per heavy atom. The Hall–Kier alpha value is -1.83. The van der Waals surface area contributed by atoms with Crippen molar-refractivity contribution in [1.29, 1.82) is 5.26 Å². The predicted octanol–water partition coefficient (Wildman–Crippen LogP) is 1.64. The van der Waals surface area contributed by atoms with Gasteiger partial charge in [0.05, 0.1) is 12.5 Å². The first kappa shape index (κ1) is 14.2. The van der Waals surface area contributed by atoms with Gasteiger partial charge in [-0.1, -0.05) is 13.8 Å². The molecule has 0 bridgehead atoms. The first-order valence-corrected chi connectivity index (χ1v) is 6.27. The highest BCUT2D eigenvalue weighted by Gasteiger charge is 2.12. The molecule has 0 spiro atoms. The molecular weight excluding hydrogens is 228 g/mol. The number of anilines is 1. The van der Waals surface area contributed by atoms with E-state index in [1.807, 2.05) is 11.8 Å². The maximum Gasteiger partial charge on any atom is 0.293 e. The largest absolute Gasteiger partial charge is 0.351 e. The van der Waals surface area contributed by atoms with Crippen LogP contribution in [0, 0.1) is 17.2 Å². The predicted molar refractivity (Wildman–Crippen MR) is 71.5 cm³/mol. The minimum atomic E-state index is -0.0778. The van der Waals surface area contributed by atoms with Gasteiger partial charge < -0.3 is 9.47 Å². The fourth-order valence-corrected chi connectivity index (χ4v) is 1.79. The normalized spacial score (nSPS) is 10.4. The Morgan fingerprint density at radius 1 is 1.56 bits per heavy atom. The van der Waals surface area contributed by atoms with Crippen LogP contribution in [-0.4, -0.2) is 22.6 Å². The van der Waals surface area contributed by atoms with E-state index in [1.165, 1.54) is 0 Å². The Bertz CT molecular complexity index is 473. The van der Waals surface area contributed by atoms with Gasteiger partial charge in [-0.3, -0.25) is 4.79 Å². The van der Waals surface area contributed by atoms with Crippen LogP contribution >= 0.6 is 0 Å². The zero-order valence-electron chi connectivity index (χ0n) is 11.3. The Balaban J connectivity index is 3.01. The van der Waals surface area contributed by atoms with Crippen molar-refractivity contribution in [3.8, 4) is 6.07 Å². The van der Waals surface area contributed by atoms with Crippen molar-refractivity contribution in [2.45, 2.75) is 33.7 Å². The second kappa shape index (κ2) is 6.80. The minimum absolute atomic E-state index is 0.0778. The van der Waals surface area contributed by atoms with Gasteiger partial charge in [-0.2, -0.15) is 5.26 Å². The molecule has 5 heteroatoms. The van der Waals surface area contributed by atoms with Crippen molar-refractivity contribution >= 4 is 5.82 Å². The van der Waals surface area contributed by atoms with Gasteiger partial charge in [-0.15, -0.1) is 0 Å². The zero-order valence-corrected chi connectivity index (χ0v) is 11.3. The third-order valence-corrected chi connectivity index (χ3v) is 2.63. The van der Waals surface area contributed by atoms with E-state index in [0.717, 1.165) is 0 Å². The fourth-order valence-electron chi connectivity index (χ4n) is 1.79. The van der Waals surface area contributed by atoms with Gasteiger partial charge in [-0.25, -0.2) is 4.98 Å². The summed E-state index contributed by atoms with van der Waals surface area (Å²) in [5.74, 6) is 0.850. The van der Waals surface area contributed by atoms with Gasteiger partial charge in [0.15, 0.2) is 5.82 Å². The van der Waals surface area contributed by atoms with Crippen molar-refractivity contribution in [1.82, 2.24) is 9.55 Å². The molecule has 0 atom stereocenters. The van der Waals surface area contributed by atoms with Crippen molar-refractivity contribution in [2.75, 3.05) is 18.0 Å². The van der Waals surface area contributed by atoms with Gasteiger partial charge in [0.1, 0.15) is 0 Å². The second-order valence-corrected chi connectivity index (χ2v) is 4.59. The topological polar surface area (TPSA) is 61.9 Å². The lowest BCUT2D eigenvalue weighted by Gasteiger charge is -2.20. The Labute approximate surface area is 108 Å². The highest BCUT2D eigenvalue weighted by Crippen LogP contribution is 2.05. The third-order valence-electron chi connectivity index (χ3n) is 2.63. The summed E-state index contributed by atoms with van der Waals surface area (Å²) in [6.07, 6.45) is 3.76. The number of nitriles is 1. The van der Waals surface area contributed by atoms with E-state index >= 15 is 0 Å². The number of nitrogens with zero attached hydrogens (tertiary/aromatic N) is 4. The molecule has 0 aliphatic heterocycles. The maximum absolute atomic E-state index is 12.2. The smallest absolute Gasteiger partial charge is 0.293 e. The highest BCUT2D eigenvalue weighted by atomic mass is 16.1. The lowest BCUT2D eigenvalue weighted by atomic mass is 10.2. The fraction of sp³-hybridized carbons (Fsp3) is 0.615. The summed E-state index contributed by atoms with van der Waals surface area (Å²) in [5, 5.41) is 8.62. The van der Waals surface area contributed by atoms with Crippen LogP contribution in [0.2, 0.25) is 0 Å². The van der Waals surface area contributed by atoms with Crippen molar-refractivity contribution in [3.05, 3.63) is 22.7 Å². The number of hydrogen-bond acceptors (Lipinski definition) is 4. The Morgan fingerprint density at radius 2 is 2.28 bits per heavy atom. The quantitative estimate of drug-likeness (QED) is 0.767. The number of hydrogen-bond donors (Lipinski definition) is 0. The van der Waals surface area contributed by atoms with E-state index in [4.69, 9.17) is 5.26 Å². The van der Waals surface area contributed by atoms with Crippen LogP contribution in [0.5, 0.6) is 0 Å². The van der Waals surface area contributed by atoms with E-state index in [2.05, 4.69) is 24.9 Å². The van der Waals surface area contributed by atoms with Gasteiger partial charge >= 0.3 is 0 Å². The molecule has 1 rings (SSSR count). The molecule has 18 heavy (non-hydrogen) atoms. The summed E-state index contributed by atoms with van der Waals surface area (Å²) in [6.45, 7) is 8.00. The molecule has 0 saturated carbocycles. The lowest BCUT2D eigenvalue weighted by molar-refractivity contribution is 0.508. The van der Waals surface area contributed by atoms with Crippen LogP contribution < -0.4 is 10.5 Å². The van der Waals surface area contributed by atoms with E-state index in [9.17, 15) is 4.79 Å². The van der Waals surface area contributed by atoms with Gasteiger partial charge in [0, 0.05) is 32.0 Å². The maximum atomic E-state index is 12.2. The average Bonchev–Trinajstić information content (AvgIpc) is 2.33. The molecule has 0 fully saturated rings. The summed E-state index contributed by atoms with van der Waals surface area (Å²) in [7, 11) is 0. The van der Waals surface area contributed by atoms with Gasteiger partial charge in [0.2, 0.25) is 0 Å². The molecular formula is C13H20N4O. The summed E-state index contributed by atoms with van der Waals surface area (Å²) < 4.78 is 1.68. The van der Waals surface area contributed by atoms with E-state index in [1.54, 1.807) is 17.0 Å². The van der Waals surface area contributed by atoms with Crippen LogP contribution in [0.1, 0.15) is 27.2 Å². The van der Waals surface area contributed by atoms with E-state index in [-0.39, 0.29) is 5.56 Å². The summed E-state index contributed by atoms with van der Waals surface area (Å²) in [6, 6.07) is 2.09. The van der Waals surface area contributed by atoms with Crippen LogP contribution in [0.3, 0.4) is 0 Å². The molecule has 0 amide bonds. The molecule has 0 unspecified atom stereocenters. The molecule has 0 aliphatic carbocycles. The van der Waals surface area contributed by atoms with Crippen LogP contribution in [0.25, 0.3) is 0 Å². The first-order chi connectivity index (χ1) is 8.60. The van der Waals surface area contributed by atoms with E-state index < -0.39 is 0 Å². The van der Waals surface area contributed by atoms with Gasteiger partial charge in [0.25, 0.3) is 5.56 Å². The molecule has 1 aromatic rings. The first-order valence-electron chi connectivity index (χ1n) is 6.27. The molecule has 0 radical (unpaired) electrons. The molecule has 0 aromatic carbocycles. The molecule has 0 aliphatic rings. The molecule has 0 saturated heterocycles. The average molecular weight is 248 g/mol. The van der Waals surface area contributed by atoms with Crippen molar-refractivity contribution < 1.29 is 0 Å². The number of aromatic nitrogens is 2. The summed E-state index contributed by atoms with van der Waals surface area (Å²) >= 11 is 0. The van der Waals surface area contributed by atoms with Crippen LogP contribution in [0.4, 0.5) is 5.82 Å². The Kier molecular flexibility index (Phi) is 5.37. The van der Waals surface area contributed by atoms with Crippen molar-refractivity contribution in [2.24, 2.45) is 5.92 Å². The number of rotatable bonds is 6. The molecule has 0 N–H and O–H groups in total. The second-order valence-electron chi connectivity index (χ2n) is 4.59. The summed E-state index contributed by atoms with van der Waals surface area (Å²) in [4.78, 5) is 18.2. The third kappa shape index (κ3) is 3.59. The standard InChI is InChI=1S/C13H20N4O/c1-4-16(8-5-6-14)12-13(18)17(9-7-15-12)10-11(2)3/h7,9,11H,4-5,8,10H2,1-3H3.